The van der Waals surface area contributed by atoms with Crippen LogP contribution in [0.4, 0.5) is 0 Å². The third-order valence-electron chi connectivity index (χ3n) is 3.33. The second-order valence-corrected chi connectivity index (χ2v) is 5.03. The first kappa shape index (κ1) is 17.0. The summed E-state index contributed by atoms with van der Waals surface area (Å²) in [6.45, 7) is 5.88. The van der Waals surface area contributed by atoms with Crippen molar-refractivity contribution in [1.29, 1.82) is 0 Å². The first-order valence-electron chi connectivity index (χ1n) is 7.26. The molecule has 0 heterocycles. The van der Waals surface area contributed by atoms with Crippen LogP contribution in [0.5, 0.6) is 5.75 Å². The fourth-order valence-electron chi connectivity index (χ4n) is 2.09. The number of nitrogens with zero attached hydrogens (tertiary/aromatic N) is 1. The molecule has 0 saturated heterocycles. The molecule has 0 aliphatic heterocycles. The average molecular weight is 280 g/mol. The van der Waals surface area contributed by atoms with E-state index in [9.17, 15) is 0 Å². The molecule has 0 fully saturated rings. The first-order chi connectivity index (χ1) is 9.71. The molecule has 1 N–H and O–H groups in total. The van der Waals surface area contributed by atoms with Crippen LogP contribution in [0.25, 0.3) is 0 Å². The number of nitrogens with one attached hydrogen (secondary N) is 1. The highest BCUT2D eigenvalue weighted by Crippen LogP contribution is 2.18. The molecule has 0 radical (unpaired) electrons. The molecule has 0 aliphatic carbocycles. The molecule has 0 amide bonds. The number of ether oxygens (including phenoxy) is 2. The third kappa shape index (κ3) is 5.90. The van der Waals surface area contributed by atoms with Gasteiger partial charge in [0.05, 0.1) is 13.7 Å². The van der Waals surface area contributed by atoms with Gasteiger partial charge in [-0.05, 0) is 37.7 Å². The minimum absolute atomic E-state index is 0.336. The molecule has 0 aromatic heterocycles. The molecule has 1 unspecified atom stereocenters. The number of likely N-dealkylation sites (N-methyl/N-ethyl adjacent to an activating group) is 1. The van der Waals surface area contributed by atoms with E-state index in [4.69, 9.17) is 9.47 Å². The molecule has 114 valence electrons. The van der Waals surface area contributed by atoms with Crippen molar-refractivity contribution >= 4 is 0 Å². The predicted molar refractivity (Wildman–Crippen MR) is 83.4 cm³/mol. The van der Waals surface area contributed by atoms with Crippen LogP contribution in [-0.2, 0) is 4.74 Å². The predicted octanol–water partition coefficient (Wildman–Crippen LogP) is 2.31. The molecule has 0 bridgehead atoms. The fraction of sp³-hybridized carbons (Fsp3) is 0.625. The minimum Gasteiger partial charge on any atom is -0.497 e. The van der Waals surface area contributed by atoms with E-state index in [0.29, 0.717) is 6.04 Å². The Kier molecular flexibility index (Phi) is 8.26. The smallest absolute Gasteiger partial charge is 0.118 e. The zero-order valence-corrected chi connectivity index (χ0v) is 13.2. The molecule has 1 aromatic carbocycles. The summed E-state index contributed by atoms with van der Waals surface area (Å²) in [5, 5.41) is 3.61. The summed E-state index contributed by atoms with van der Waals surface area (Å²) in [4.78, 5) is 2.29. The zero-order chi connectivity index (χ0) is 14.8. The second kappa shape index (κ2) is 9.75. The molecular weight excluding hydrogens is 252 g/mol. The van der Waals surface area contributed by atoms with Gasteiger partial charge in [0.25, 0.3) is 0 Å². The van der Waals surface area contributed by atoms with Crippen LogP contribution in [0.2, 0.25) is 0 Å². The van der Waals surface area contributed by atoms with Crippen LogP contribution >= 0.6 is 0 Å². The Morgan fingerprint density at radius 1 is 1.20 bits per heavy atom. The molecule has 0 saturated carbocycles. The summed E-state index contributed by atoms with van der Waals surface area (Å²) in [6, 6.07) is 8.64. The monoisotopic (exact) mass is 280 g/mol. The van der Waals surface area contributed by atoms with Crippen LogP contribution in [-0.4, -0.2) is 52.4 Å². The van der Waals surface area contributed by atoms with Crippen LogP contribution in [0.1, 0.15) is 24.9 Å². The summed E-state index contributed by atoms with van der Waals surface area (Å²) in [7, 11) is 5.56. The van der Waals surface area contributed by atoms with Crippen molar-refractivity contribution in [2.75, 3.05) is 47.5 Å². The Hall–Kier alpha value is -1.10. The highest BCUT2D eigenvalue weighted by Gasteiger charge is 2.13. The lowest BCUT2D eigenvalue weighted by atomic mass is 10.1. The van der Waals surface area contributed by atoms with Gasteiger partial charge in [-0.3, -0.25) is 0 Å². The fourth-order valence-corrected chi connectivity index (χ4v) is 2.09. The maximum absolute atomic E-state index is 5.22. The molecule has 0 aliphatic rings. The molecular formula is C16H28N2O2. The summed E-state index contributed by atoms with van der Waals surface area (Å²) in [5.74, 6) is 0.899. The van der Waals surface area contributed by atoms with Gasteiger partial charge in [-0.15, -0.1) is 0 Å². The molecule has 1 aromatic rings. The molecule has 4 nitrogen and oxygen atoms in total. The van der Waals surface area contributed by atoms with Gasteiger partial charge in [0.2, 0.25) is 0 Å². The van der Waals surface area contributed by atoms with Crippen molar-refractivity contribution in [3.05, 3.63) is 29.8 Å². The van der Waals surface area contributed by atoms with Crippen molar-refractivity contribution in [2.45, 2.75) is 19.4 Å². The topological polar surface area (TPSA) is 33.7 Å². The van der Waals surface area contributed by atoms with Crippen LogP contribution < -0.4 is 10.1 Å². The summed E-state index contributed by atoms with van der Waals surface area (Å²) >= 11 is 0. The van der Waals surface area contributed by atoms with E-state index < -0.39 is 0 Å². The van der Waals surface area contributed by atoms with Crippen molar-refractivity contribution in [1.82, 2.24) is 10.2 Å². The first-order valence-corrected chi connectivity index (χ1v) is 7.26. The molecule has 4 heteroatoms. The van der Waals surface area contributed by atoms with Gasteiger partial charge in [0, 0.05) is 26.2 Å². The van der Waals surface area contributed by atoms with Gasteiger partial charge in [-0.2, -0.15) is 0 Å². The molecule has 1 atom stereocenters. The number of benzene rings is 1. The van der Waals surface area contributed by atoms with E-state index in [1.54, 1.807) is 14.2 Å². The van der Waals surface area contributed by atoms with E-state index in [1.807, 2.05) is 12.1 Å². The number of hydrogen-bond donors (Lipinski definition) is 1. The van der Waals surface area contributed by atoms with E-state index in [0.717, 1.165) is 38.4 Å². The SMILES string of the molecule is CCCNC(CN(C)CCOC)c1ccc(OC)cc1. The Balaban J connectivity index is 2.66. The van der Waals surface area contributed by atoms with E-state index >= 15 is 0 Å². The van der Waals surface area contributed by atoms with Crippen LogP contribution in [0, 0.1) is 0 Å². The second-order valence-electron chi connectivity index (χ2n) is 5.03. The van der Waals surface area contributed by atoms with Gasteiger partial charge < -0.3 is 19.7 Å². The van der Waals surface area contributed by atoms with Gasteiger partial charge >= 0.3 is 0 Å². The summed E-state index contributed by atoms with van der Waals surface area (Å²) in [5.41, 5.74) is 1.29. The number of hydrogen-bond acceptors (Lipinski definition) is 4. The Morgan fingerprint density at radius 2 is 1.90 bits per heavy atom. The maximum atomic E-state index is 5.22. The minimum atomic E-state index is 0.336. The Labute approximate surface area is 123 Å². The summed E-state index contributed by atoms with van der Waals surface area (Å²) < 4.78 is 10.3. The van der Waals surface area contributed by atoms with Crippen molar-refractivity contribution < 1.29 is 9.47 Å². The van der Waals surface area contributed by atoms with Gasteiger partial charge in [-0.25, -0.2) is 0 Å². The zero-order valence-electron chi connectivity index (χ0n) is 13.2. The highest BCUT2D eigenvalue weighted by molar-refractivity contribution is 5.29. The van der Waals surface area contributed by atoms with E-state index in [2.05, 4.69) is 36.3 Å². The maximum Gasteiger partial charge on any atom is 0.118 e. The largest absolute Gasteiger partial charge is 0.497 e. The molecule has 1 rings (SSSR count). The van der Waals surface area contributed by atoms with Gasteiger partial charge in [0.15, 0.2) is 0 Å². The number of rotatable bonds is 10. The van der Waals surface area contributed by atoms with Crippen molar-refractivity contribution in [2.24, 2.45) is 0 Å². The Bertz CT molecular complexity index is 354. The normalized spacial score (nSPS) is 12.7. The summed E-state index contributed by atoms with van der Waals surface area (Å²) in [6.07, 6.45) is 1.13. The highest BCUT2D eigenvalue weighted by atomic mass is 16.5. The lowest BCUT2D eigenvalue weighted by Gasteiger charge is -2.25. The van der Waals surface area contributed by atoms with Gasteiger partial charge in [0.1, 0.15) is 5.75 Å². The lowest BCUT2D eigenvalue weighted by Crippen LogP contribution is -2.35. The Morgan fingerprint density at radius 3 is 2.45 bits per heavy atom. The number of methoxy groups -OCH3 is 2. The standard InChI is InChI=1S/C16H28N2O2/c1-5-10-17-16(13-18(2)11-12-19-3)14-6-8-15(20-4)9-7-14/h6-9,16-17H,5,10-13H2,1-4H3. The molecule has 20 heavy (non-hydrogen) atoms. The van der Waals surface area contributed by atoms with E-state index in [-0.39, 0.29) is 0 Å². The quantitative estimate of drug-likeness (QED) is 0.713. The lowest BCUT2D eigenvalue weighted by molar-refractivity contribution is 0.155. The van der Waals surface area contributed by atoms with Crippen LogP contribution in [0.3, 0.4) is 0 Å². The van der Waals surface area contributed by atoms with E-state index in [1.165, 1.54) is 5.56 Å². The van der Waals surface area contributed by atoms with Gasteiger partial charge in [-0.1, -0.05) is 19.1 Å². The van der Waals surface area contributed by atoms with Crippen molar-refractivity contribution in [3.8, 4) is 5.75 Å². The average Bonchev–Trinajstić information content (AvgIpc) is 2.49. The third-order valence-corrected chi connectivity index (χ3v) is 3.33. The van der Waals surface area contributed by atoms with Crippen molar-refractivity contribution in [3.63, 3.8) is 0 Å². The van der Waals surface area contributed by atoms with Crippen LogP contribution in [0.15, 0.2) is 24.3 Å². The molecule has 0 spiro atoms.